The first-order valence-corrected chi connectivity index (χ1v) is 15.3. The molecule has 40 heavy (non-hydrogen) atoms. The summed E-state index contributed by atoms with van der Waals surface area (Å²) in [6, 6.07) is 9.89. The lowest BCUT2D eigenvalue weighted by atomic mass is 10.1. The van der Waals surface area contributed by atoms with Crippen molar-refractivity contribution in [2.45, 2.75) is 113 Å². The summed E-state index contributed by atoms with van der Waals surface area (Å²) >= 11 is 5.99. The van der Waals surface area contributed by atoms with Crippen LogP contribution in [0.4, 0.5) is 0 Å². The summed E-state index contributed by atoms with van der Waals surface area (Å²) in [6.07, 6.45) is 8.49. The van der Waals surface area contributed by atoms with Crippen LogP contribution in [0.2, 0.25) is 5.02 Å². The van der Waals surface area contributed by atoms with Crippen molar-refractivity contribution in [1.82, 2.24) is 4.90 Å². The van der Waals surface area contributed by atoms with Crippen molar-refractivity contribution in [3.05, 3.63) is 69.8 Å². The molecular weight excluding hydrogens is 518 g/mol. The van der Waals surface area contributed by atoms with Crippen molar-refractivity contribution in [3.8, 4) is 11.5 Å². The Labute approximate surface area is 250 Å². The third-order valence-electron chi connectivity index (χ3n) is 6.37. The number of ketones is 1. The average molecular weight is 574 g/mol. The van der Waals surface area contributed by atoms with E-state index in [4.69, 9.17) is 16.7 Å². The van der Waals surface area contributed by atoms with Crippen molar-refractivity contribution in [1.29, 1.82) is 0 Å². The van der Waals surface area contributed by atoms with E-state index in [1.807, 2.05) is 66.7 Å². The summed E-state index contributed by atoms with van der Waals surface area (Å²) in [5.74, 6) is 1.83. The van der Waals surface area contributed by atoms with Gasteiger partial charge in [0.25, 0.3) is 0 Å². The number of phenols is 2. The van der Waals surface area contributed by atoms with E-state index in [-0.39, 0.29) is 5.78 Å². The van der Waals surface area contributed by atoms with Crippen LogP contribution >= 0.6 is 11.6 Å². The predicted molar refractivity (Wildman–Crippen MR) is 174 cm³/mol. The number of carbonyl (C=O) groups excluding carboxylic acids is 1. The number of nitrogens with zero attached hydrogens (tertiary/aromatic N) is 1. The number of halogens is 1. The number of hydrogen-bond donors (Lipinski definition) is 2. The molecule has 5 rings (SSSR count). The number of benzene rings is 2. The zero-order valence-corrected chi connectivity index (χ0v) is 27.5. The number of aromatic hydroxyl groups is 2. The molecule has 1 aliphatic heterocycles. The first-order valence-electron chi connectivity index (χ1n) is 15.0. The molecule has 1 saturated heterocycles. The van der Waals surface area contributed by atoms with Crippen molar-refractivity contribution >= 4 is 17.4 Å². The smallest absolute Gasteiger partial charge is 0.129 e. The van der Waals surface area contributed by atoms with Gasteiger partial charge >= 0.3 is 0 Å². The third-order valence-corrected chi connectivity index (χ3v) is 6.58. The number of carbonyl (C=O) groups is 1. The maximum atomic E-state index is 9.92. The molecule has 2 aromatic rings. The van der Waals surface area contributed by atoms with Gasteiger partial charge in [0.1, 0.15) is 17.3 Å². The first-order chi connectivity index (χ1) is 18.8. The van der Waals surface area contributed by atoms with E-state index >= 15 is 0 Å². The minimum Gasteiger partial charge on any atom is -0.508 e. The Bertz CT molecular complexity index is 1020. The molecule has 1 heterocycles. The minimum absolute atomic E-state index is 0.255. The van der Waals surface area contributed by atoms with Crippen LogP contribution in [0.15, 0.2) is 42.5 Å². The van der Waals surface area contributed by atoms with Gasteiger partial charge in [-0.2, -0.15) is 0 Å². The van der Waals surface area contributed by atoms with Crippen molar-refractivity contribution < 1.29 is 15.0 Å². The van der Waals surface area contributed by atoms with Crippen LogP contribution in [0.1, 0.15) is 103 Å². The number of hydrogen-bond acceptors (Lipinski definition) is 4. The molecule has 2 N–H and O–H groups in total. The number of phenolic OH excluding ortho intramolecular Hbond substituents is 2. The highest BCUT2D eigenvalue weighted by Crippen LogP contribution is 2.36. The molecule has 2 fully saturated rings. The Morgan fingerprint density at radius 2 is 1.55 bits per heavy atom. The lowest BCUT2D eigenvalue weighted by Crippen LogP contribution is -2.33. The van der Waals surface area contributed by atoms with Gasteiger partial charge in [0.05, 0.1) is 0 Å². The van der Waals surface area contributed by atoms with E-state index < -0.39 is 0 Å². The molecule has 0 spiro atoms. The zero-order valence-electron chi connectivity index (χ0n) is 26.7. The lowest BCUT2D eigenvalue weighted by molar-refractivity contribution is -0.116. The summed E-state index contributed by atoms with van der Waals surface area (Å²) in [5.41, 5.74) is 5.54. The van der Waals surface area contributed by atoms with Gasteiger partial charge in [-0.25, -0.2) is 0 Å². The molecule has 4 nitrogen and oxygen atoms in total. The van der Waals surface area contributed by atoms with Crippen LogP contribution in [0.3, 0.4) is 0 Å². The molecule has 2 aliphatic carbocycles. The fourth-order valence-corrected chi connectivity index (χ4v) is 4.17. The minimum atomic E-state index is 0.255. The maximum absolute atomic E-state index is 9.92. The number of allylic oxidation sites excluding steroid dienone is 1. The quantitative estimate of drug-likeness (QED) is 0.351. The van der Waals surface area contributed by atoms with Crippen molar-refractivity contribution in [2.75, 3.05) is 13.1 Å². The van der Waals surface area contributed by atoms with E-state index in [0.29, 0.717) is 29.0 Å². The van der Waals surface area contributed by atoms with Crippen LogP contribution < -0.4 is 0 Å². The molecule has 2 aromatic carbocycles. The highest BCUT2D eigenvalue weighted by Gasteiger charge is 2.32. The normalized spacial score (nSPS) is 17.9. The van der Waals surface area contributed by atoms with Gasteiger partial charge in [-0.3, -0.25) is 4.90 Å². The SMILES string of the molecule is C1CC1.C=C(C)C.CC.CC1CCN(C2Cc3cc(Cl)cc(O)c3C2)C1.CCC(C)=O.Cc1ccc(C)c(O)c1. The van der Waals surface area contributed by atoms with E-state index in [1.165, 1.54) is 49.9 Å². The number of aryl methyl sites for hydroxylation is 2. The molecule has 0 radical (unpaired) electrons. The third kappa shape index (κ3) is 16.7. The maximum Gasteiger partial charge on any atom is 0.129 e. The number of Topliss-reactive ketones (excluding diaryl/α,β-unsaturated/α-hetero) is 1. The molecule has 1 saturated carbocycles. The second kappa shape index (κ2) is 20.6. The number of likely N-dealkylation sites (tertiary alicyclic amines) is 1. The van der Waals surface area contributed by atoms with E-state index in [2.05, 4.69) is 18.4 Å². The Morgan fingerprint density at radius 1 is 1.00 bits per heavy atom. The van der Waals surface area contributed by atoms with Gasteiger partial charge in [-0.05, 0) is 107 Å². The fraction of sp³-hybridized carbons (Fsp3) is 0.571. The number of fused-ring (bicyclic) bond motifs is 1. The van der Waals surface area contributed by atoms with Crippen molar-refractivity contribution in [2.24, 2.45) is 5.92 Å². The summed E-state index contributed by atoms with van der Waals surface area (Å²) < 4.78 is 0. The molecule has 2 unspecified atom stereocenters. The van der Waals surface area contributed by atoms with E-state index in [1.54, 1.807) is 19.1 Å². The molecular formula is C35H56ClNO3. The second-order valence-electron chi connectivity index (χ2n) is 11.1. The first kappa shape index (κ1) is 37.7. The topological polar surface area (TPSA) is 60.8 Å². The lowest BCUT2D eigenvalue weighted by Gasteiger charge is -2.23. The summed E-state index contributed by atoms with van der Waals surface area (Å²) in [4.78, 5) is 12.4. The van der Waals surface area contributed by atoms with Gasteiger partial charge in [-0.15, -0.1) is 6.58 Å². The second-order valence-corrected chi connectivity index (χ2v) is 11.6. The van der Waals surface area contributed by atoms with Gasteiger partial charge < -0.3 is 15.0 Å². The van der Waals surface area contributed by atoms with E-state index in [0.717, 1.165) is 35.4 Å². The Morgan fingerprint density at radius 3 is 1.95 bits per heavy atom. The van der Waals surface area contributed by atoms with Crippen LogP contribution in [-0.4, -0.2) is 40.0 Å². The van der Waals surface area contributed by atoms with Gasteiger partial charge in [-0.1, -0.05) is 76.3 Å². The van der Waals surface area contributed by atoms with E-state index in [9.17, 15) is 9.90 Å². The number of rotatable bonds is 2. The van der Waals surface area contributed by atoms with Crippen LogP contribution in [0.5, 0.6) is 11.5 Å². The van der Waals surface area contributed by atoms with Gasteiger partial charge in [0, 0.05) is 24.0 Å². The van der Waals surface area contributed by atoms with Crippen LogP contribution in [-0.2, 0) is 17.6 Å². The zero-order chi connectivity index (χ0) is 30.8. The van der Waals surface area contributed by atoms with Crippen LogP contribution in [0.25, 0.3) is 0 Å². The fourth-order valence-electron chi connectivity index (χ4n) is 3.94. The predicted octanol–water partition coefficient (Wildman–Crippen LogP) is 9.63. The molecule has 0 aromatic heterocycles. The molecule has 5 heteroatoms. The molecule has 0 amide bonds. The summed E-state index contributed by atoms with van der Waals surface area (Å²) in [6.45, 7) is 23.5. The molecule has 3 aliphatic rings. The molecule has 226 valence electrons. The van der Waals surface area contributed by atoms with Crippen molar-refractivity contribution in [3.63, 3.8) is 0 Å². The largest absolute Gasteiger partial charge is 0.508 e. The average Bonchev–Trinajstić information content (AvgIpc) is 3.61. The monoisotopic (exact) mass is 573 g/mol. The summed E-state index contributed by atoms with van der Waals surface area (Å²) in [5, 5.41) is 19.7. The molecule has 0 bridgehead atoms. The highest BCUT2D eigenvalue weighted by atomic mass is 35.5. The van der Waals surface area contributed by atoms with Gasteiger partial charge in [0.2, 0.25) is 0 Å². The van der Waals surface area contributed by atoms with Crippen LogP contribution in [0, 0.1) is 19.8 Å². The van der Waals surface area contributed by atoms with Gasteiger partial charge in [0.15, 0.2) is 0 Å². The summed E-state index contributed by atoms with van der Waals surface area (Å²) in [7, 11) is 0. The Balaban J connectivity index is 0.000000554. The highest BCUT2D eigenvalue weighted by molar-refractivity contribution is 6.30. The Kier molecular flexibility index (Phi) is 19.4. The molecule has 2 atom stereocenters. The Hall–Kier alpha value is -2.30. The standard InChI is InChI=1S/C14H18ClNO.C8H10O.C4H8O.C4H8.C3H6.C2H6/c1-9-2-3-16(8-9)12-5-10-4-11(15)6-14(17)13(10)7-12;1-6-3-4-7(2)8(9)5-6;1-3-4(2)5;1-4(2)3;1-2-3-1;1-2/h4,6,9,12,17H,2-3,5,7-8H2,1H3;3-5,9H,1-2H3;3H2,1-2H3;1H2,2-3H3;1-3H2;1-2H3.